The second-order valence-electron chi connectivity index (χ2n) is 3.73. The van der Waals surface area contributed by atoms with E-state index in [-0.39, 0.29) is 12.5 Å². The summed E-state index contributed by atoms with van der Waals surface area (Å²) < 4.78 is 5.37. The van der Waals surface area contributed by atoms with Crippen LogP contribution in [0.5, 0.6) is 5.75 Å². The molecule has 0 saturated carbocycles. The third-order valence-corrected chi connectivity index (χ3v) is 2.11. The lowest BCUT2D eigenvalue weighted by Gasteiger charge is -2.13. The summed E-state index contributed by atoms with van der Waals surface area (Å²) in [5, 5.41) is 11.3. The number of hydrogen-bond donors (Lipinski definition) is 2. The van der Waals surface area contributed by atoms with Crippen molar-refractivity contribution in [3.63, 3.8) is 0 Å². The molecule has 1 unspecified atom stereocenters. The molecule has 17 heavy (non-hydrogen) atoms. The summed E-state index contributed by atoms with van der Waals surface area (Å²) in [5.41, 5.74) is 0.539. The quantitative estimate of drug-likeness (QED) is 0.818. The largest absolute Gasteiger partial charge is 0.491 e. The molecule has 0 aliphatic rings. The molecule has 92 valence electrons. The normalized spacial score (nSPS) is 11.6. The summed E-state index contributed by atoms with van der Waals surface area (Å²) in [4.78, 5) is 21.6. The first kappa shape index (κ1) is 13.0. The molecule has 0 heterocycles. The molecule has 1 aromatic carbocycles. The Kier molecular flexibility index (Phi) is 4.51. The van der Waals surface area contributed by atoms with Crippen LogP contribution < -0.4 is 10.1 Å². The molecule has 1 rings (SSSR count). The van der Waals surface area contributed by atoms with Crippen molar-refractivity contribution in [3.8, 4) is 5.75 Å². The van der Waals surface area contributed by atoms with Crippen LogP contribution in [0.15, 0.2) is 24.3 Å². The second-order valence-corrected chi connectivity index (χ2v) is 3.73. The number of rotatable bonds is 5. The molecule has 0 saturated heterocycles. The highest BCUT2D eigenvalue weighted by Crippen LogP contribution is 2.24. The third-order valence-electron chi connectivity index (χ3n) is 2.11. The van der Waals surface area contributed by atoms with Crippen molar-refractivity contribution in [2.24, 2.45) is 5.92 Å². The molecule has 2 N–H and O–H groups in total. The van der Waals surface area contributed by atoms with Crippen molar-refractivity contribution in [1.82, 2.24) is 0 Å². The van der Waals surface area contributed by atoms with Gasteiger partial charge < -0.3 is 15.2 Å². The number of benzene rings is 1. The molecule has 0 aliphatic heterocycles. The van der Waals surface area contributed by atoms with E-state index in [9.17, 15) is 9.59 Å². The lowest BCUT2D eigenvalue weighted by molar-refractivity contribution is -0.142. The number of ether oxygens (including phenoxy) is 1. The Morgan fingerprint density at radius 1 is 1.41 bits per heavy atom. The van der Waals surface area contributed by atoms with Crippen LogP contribution in [0.2, 0.25) is 0 Å². The van der Waals surface area contributed by atoms with Gasteiger partial charge in [0.2, 0.25) is 5.91 Å². The Morgan fingerprint density at radius 3 is 2.65 bits per heavy atom. The van der Waals surface area contributed by atoms with Crippen molar-refractivity contribution in [1.29, 1.82) is 0 Å². The van der Waals surface area contributed by atoms with Crippen molar-refractivity contribution >= 4 is 17.6 Å². The molecule has 1 aromatic rings. The Morgan fingerprint density at radius 2 is 2.06 bits per heavy atom. The highest BCUT2D eigenvalue weighted by Gasteiger charge is 2.12. The molecule has 1 atom stereocenters. The van der Waals surface area contributed by atoms with Crippen molar-refractivity contribution in [2.75, 3.05) is 11.9 Å². The van der Waals surface area contributed by atoms with Crippen LogP contribution in [0.4, 0.5) is 5.69 Å². The van der Waals surface area contributed by atoms with E-state index in [1.54, 1.807) is 31.2 Å². The first-order valence-corrected chi connectivity index (χ1v) is 5.23. The SMILES string of the molecule is CC(=O)Nc1ccccc1OCC(C)C(=O)O. The van der Waals surface area contributed by atoms with Crippen LogP contribution in [0.3, 0.4) is 0 Å². The van der Waals surface area contributed by atoms with Gasteiger partial charge in [0.25, 0.3) is 0 Å². The van der Waals surface area contributed by atoms with E-state index in [1.807, 2.05) is 0 Å². The van der Waals surface area contributed by atoms with Gasteiger partial charge in [0.15, 0.2) is 0 Å². The standard InChI is InChI=1S/C12H15NO4/c1-8(12(15)16)7-17-11-6-4-3-5-10(11)13-9(2)14/h3-6,8H,7H2,1-2H3,(H,13,14)(H,15,16). The molecular weight excluding hydrogens is 222 g/mol. The molecule has 0 fully saturated rings. The number of aliphatic carboxylic acids is 1. The fourth-order valence-electron chi connectivity index (χ4n) is 1.17. The maximum atomic E-state index is 11.0. The van der Waals surface area contributed by atoms with E-state index in [4.69, 9.17) is 9.84 Å². The number of carboxylic acids is 1. The Bertz CT molecular complexity index is 417. The van der Waals surface area contributed by atoms with Crippen LogP contribution in [-0.2, 0) is 9.59 Å². The van der Waals surface area contributed by atoms with Crippen molar-refractivity contribution < 1.29 is 19.4 Å². The lowest BCUT2D eigenvalue weighted by Crippen LogP contribution is -2.18. The Labute approximate surface area is 99.4 Å². The Balaban J connectivity index is 2.70. The van der Waals surface area contributed by atoms with Gasteiger partial charge in [-0.25, -0.2) is 0 Å². The number of carbonyl (C=O) groups excluding carboxylic acids is 1. The van der Waals surface area contributed by atoms with Crippen molar-refractivity contribution in [3.05, 3.63) is 24.3 Å². The molecule has 0 bridgehead atoms. The zero-order valence-electron chi connectivity index (χ0n) is 9.77. The number of hydrogen-bond acceptors (Lipinski definition) is 3. The highest BCUT2D eigenvalue weighted by atomic mass is 16.5. The zero-order chi connectivity index (χ0) is 12.8. The number of para-hydroxylation sites is 2. The minimum atomic E-state index is -0.915. The topological polar surface area (TPSA) is 75.6 Å². The second kappa shape index (κ2) is 5.89. The summed E-state index contributed by atoms with van der Waals surface area (Å²) in [5.74, 6) is -1.24. The van der Waals surface area contributed by atoms with Gasteiger partial charge >= 0.3 is 5.97 Å². The average molecular weight is 237 g/mol. The number of carboxylic acid groups (broad SMARTS) is 1. The molecule has 5 nitrogen and oxygen atoms in total. The monoisotopic (exact) mass is 237 g/mol. The van der Waals surface area contributed by atoms with E-state index in [2.05, 4.69) is 5.32 Å². The van der Waals surface area contributed by atoms with Gasteiger partial charge in [0.1, 0.15) is 12.4 Å². The van der Waals surface area contributed by atoms with Crippen LogP contribution in [0.1, 0.15) is 13.8 Å². The van der Waals surface area contributed by atoms with Gasteiger partial charge in [-0.05, 0) is 19.1 Å². The smallest absolute Gasteiger partial charge is 0.309 e. The summed E-state index contributed by atoms with van der Waals surface area (Å²) >= 11 is 0. The summed E-state index contributed by atoms with van der Waals surface area (Å²) in [6, 6.07) is 6.90. The van der Waals surface area contributed by atoms with Crippen LogP contribution in [0.25, 0.3) is 0 Å². The molecule has 0 radical (unpaired) electrons. The number of nitrogens with one attached hydrogen (secondary N) is 1. The van der Waals surface area contributed by atoms with E-state index in [0.29, 0.717) is 11.4 Å². The average Bonchev–Trinajstić information content (AvgIpc) is 2.26. The first-order valence-electron chi connectivity index (χ1n) is 5.23. The van der Waals surface area contributed by atoms with Gasteiger partial charge in [0.05, 0.1) is 11.6 Å². The predicted molar refractivity (Wildman–Crippen MR) is 63.0 cm³/mol. The summed E-state index contributed by atoms with van der Waals surface area (Å²) in [6.07, 6.45) is 0. The van der Waals surface area contributed by atoms with E-state index in [1.165, 1.54) is 6.92 Å². The van der Waals surface area contributed by atoms with Gasteiger partial charge in [0, 0.05) is 6.92 Å². The first-order chi connectivity index (χ1) is 8.00. The van der Waals surface area contributed by atoms with Gasteiger partial charge in [-0.2, -0.15) is 0 Å². The van der Waals surface area contributed by atoms with E-state index >= 15 is 0 Å². The maximum absolute atomic E-state index is 11.0. The number of amides is 1. The number of carbonyl (C=O) groups is 2. The molecule has 1 amide bonds. The molecule has 0 spiro atoms. The third kappa shape index (κ3) is 4.14. The van der Waals surface area contributed by atoms with Crippen molar-refractivity contribution in [2.45, 2.75) is 13.8 Å². The van der Waals surface area contributed by atoms with E-state index in [0.717, 1.165) is 0 Å². The van der Waals surface area contributed by atoms with Crippen LogP contribution >= 0.6 is 0 Å². The zero-order valence-corrected chi connectivity index (χ0v) is 9.77. The van der Waals surface area contributed by atoms with Gasteiger partial charge in [-0.3, -0.25) is 9.59 Å². The van der Waals surface area contributed by atoms with Gasteiger partial charge in [-0.15, -0.1) is 0 Å². The lowest BCUT2D eigenvalue weighted by atomic mass is 10.2. The maximum Gasteiger partial charge on any atom is 0.309 e. The molecular formula is C12H15NO4. The van der Waals surface area contributed by atoms with Crippen LogP contribution in [-0.4, -0.2) is 23.6 Å². The fourth-order valence-corrected chi connectivity index (χ4v) is 1.17. The molecule has 5 heteroatoms. The molecule has 0 aliphatic carbocycles. The fraction of sp³-hybridized carbons (Fsp3) is 0.333. The number of anilines is 1. The van der Waals surface area contributed by atoms with Gasteiger partial charge in [-0.1, -0.05) is 12.1 Å². The summed E-state index contributed by atoms with van der Waals surface area (Å²) in [6.45, 7) is 3.02. The summed E-state index contributed by atoms with van der Waals surface area (Å²) in [7, 11) is 0. The minimum Gasteiger partial charge on any atom is -0.491 e. The predicted octanol–water partition coefficient (Wildman–Crippen LogP) is 1.74. The van der Waals surface area contributed by atoms with Crippen LogP contribution in [0, 0.1) is 5.92 Å². The Hall–Kier alpha value is -2.04. The molecule has 0 aromatic heterocycles. The highest BCUT2D eigenvalue weighted by molar-refractivity contribution is 5.90. The minimum absolute atomic E-state index is 0.0614. The van der Waals surface area contributed by atoms with E-state index < -0.39 is 11.9 Å².